The summed E-state index contributed by atoms with van der Waals surface area (Å²) < 4.78 is 0. The molecule has 106 valence electrons. The highest BCUT2D eigenvalue weighted by Crippen LogP contribution is 2.23. The second-order valence-corrected chi connectivity index (χ2v) is 5.15. The minimum Gasteiger partial charge on any atom is -0.391 e. The lowest BCUT2D eigenvalue weighted by atomic mass is 9.92. The summed E-state index contributed by atoms with van der Waals surface area (Å²) in [6.07, 6.45) is 3.15. The van der Waals surface area contributed by atoms with Crippen LogP contribution in [0.4, 0.5) is 10.5 Å². The third-order valence-electron chi connectivity index (χ3n) is 3.75. The van der Waals surface area contributed by atoms with Gasteiger partial charge in [-0.3, -0.25) is 0 Å². The average Bonchev–Trinajstić information content (AvgIpc) is 2.47. The molecule has 1 fully saturated rings. The van der Waals surface area contributed by atoms with E-state index in [9.17, 15) is 9.90 Å². The van der Waals surface area contributed by atoms with Gasteiger partial charge in [0.1, 0.15) is 0 Å². The Morgan fingerprint density at radius 1 is 1.45 bits per heavy atom. The molecule has 5 nitrogen and oxygen atoms in total. The van der Waals surface area contributed by atoms with Crippen LogP contribution >= 0.6 is 0 Å². The summed E-state index contributed by atoms with van der Waals surface area (Å²) in [5.41, 5.74) is 1.09. The Kier molecular flexibility index (Phi) is 4.59. The van der Waals surface area contributed by atoms with Gasteiger partial charge in [-0.05, 0) is 31.0 Å². The Labute approximate surface area is 118 Å². The van der Waals surface area contributed by atoms with Gasteiger partial charge in [0.05, 0.1) is 23.8 Å². The molecule has 2 N–H and O–H groups in total. The van der Waals surface area contributed by atoms with Gasteiger partial charge in [-0.15, -0.1) is 0 Å². The molecular formula is C15H19N3O2. The van der Waals surface area contributed by atoms with Gasteiger partial charge in [0.2, 0.25) is 0 Å². The summed E-state index contributed by atoms with van der Waals surface area (Å²) in [5, 5.41) is 21.6. The Balaban J connectivity index is 2.01. The van der Waals surface area contributed by atoms with Gasteiger partial charge < -0.3 is 15.3 Å². The van der Waals surface area contributed by atoms with Crippen molar-refractivity contribution in [1.82, 2.24) is 4.90 Å². The van der Waals surface area contributed by atoms with Crippen LogP contribution in [0.15, 0.2) is 24.3 Å². The maximum Gasteiger partial charge on any atom is 0.321 e. The van der Waals surface area contributed by atoms with Crippen LogP contribution < -0.4 is 5.32 Å². The summed E-state index contributed by atoms with van der Waals surface area (Å²) in [6.45, 7) is 0. The lowest BCUT2D eigenvalue weighted by molar-refractivity contribution is 0.0494. The smallest absolute Gasteiger partial charge is 0.321 e. The number of nitriles is 1. The van der Waals surface area contributed by atoms with E-state index in [1.807, 2.05) is 6.07 Å². The van der Waals surface area contributed by atoms with Crippen LogP contribution in [0.3, 0.4) is 0 Å². The predicted octanol–water partition coefficient (Wildman–Crippen LogP) is 2.33. The Morgan fingerprint density at radius 2 is 2.20 bits per heavy atom. The zero-order valence-electron chi connectivity index (χ0n) is 11.5. The maximum atomic E-state index is 12.2. The minimum atomic E-state index is -0.454. The molecule has 0 aromatic heterocycles. The van der Waals surface area contributed by atoms with Gasteiger partial charge in [-0.25, -0.2) is 4.79 Å². The van der Waals surface area contributed by atoms with Gasteiger partial charge in [-0.2, -0.15) is 5.26 Å². The Bertz CT molecular complexity index is 524. The fourth-order valence-corrected chi connectivity index (χ4v) is 2.57. The molecule has 20 heavy (non-hydrogen) atoms. The van der Waals surface area contributed by atoms with Gasteiger partial charge in [-0.1, -0.05) is 18.9 Å². The summed E-state index contributed by atoms with van der Waals surface area (Å²) in [6, 6.07) is 8.42. The van der Waals surface area contributed by atoms with Crippen molar-refractivity contribution in [1.29, 1.82) is 5.26 Å². The topological polar surface area (TPSA) is 76.4 Å². The number of amides is 2. The van der Waals surface area contributed by atoms with Crippen molar-refractivity contribution >= 4 is 11.7 Å². The number of benzene rings is 1. The third-order valence-corrected chi connectivity index (χ3v) is 3.75. The second kappa shape index (κ2) is 6.40. The summed E-state index contributed by atoms with van der Waals surface area (Å²) in [4.78, 5) is 13.7. The molecule has 0 bridgehead atoms. The van der Waals surface area contributed by atoms with E-state index in [0.717, 1.165) is 25.7 Å². The number of rotatable bonds is 2. The largest absolute Gasteiger partial charge is 0.391 e. The van der Waals surface area contributed by atoms with Crippen LogP contribution in [0, 0.1) is 11.3 Å². The lowest BCUT2D eigenvalue weighted by Crippen LogP contribution is -2.47. The van der Waals surface area contributed by atoms with Crippen molar-refractivity contribution in [2.45, 2.75) is 37.8 Å². The number of hydrogen-bond acceptors (Lipinski definition) is 3. The van der Waals surface area contributed by atoms with Crippen LogP contribution in [-0.2, 0) is 0 Å². The van der Waals surface area contributed by atoms with Crippen molar-refractivity contribution in [2.24, 2.45) is 0 Å². The number of carbonyl (C=O) groups is 1. The van der Waals surface area contributed by atoms with Crippen molar-refractivity contribution in [2.75, 3.05) is 12.4 Å². The van der Waals surface area contributed by atoms with E-state index < -0.39 is 6.10 Å². The van der Waals surface area contributed by atoms with Gasteiger partial charge >= 0.3 is 6.03 Å². The fraction of sp³-hybridized carbons (Fsp3) is 0.467. The SMILES string of the molecule is CN(C(=O)Nc1cccc(C#N)c1)C1CCCCC1O. The quantitative estimate of drug-likeness (QED) is 0.868. The van der Waals surface area contributed by atoms with E-state index in [-0.39, 0.29) is 12.1 Å². The molecule has 2 atom stereocenters. The highest BCUT2D eigenvalue weighted by molar-refractivity contribution is 5.89. The molecule has 1 saturated carbocycles. The van der Waals surface area contributed by atoms with Crippen molar-refractivity contribution < 1.29 is 9.90 Å². The van der Waals surface area contributed by atoms with Crippen molar-refractivity contribution in [3.05, 3.63) is 29.8 Å². The Morgan fingerprint density at radius 3 is 2.90 bits per heavy atom. The second-order valence-electron chi connectivity index (χ2n) is 5.15. The van der Waals surface area contributed by atoms with Crippen LogP contribution in [-0.4, -0.2) is 35.2 Å². The number of anilines is 1. The number of aliphatic hydroxyl groups is 1. The zero-order valence-corrected chi connectivity index (χ0v) is 11.5. The Hall–Kier alpha value is -2.06. The number of nitrogens with one attached hydrogen (secondary N) is 1. The summed E-state index contributed by atoms with van der Waals surface area (Å²) in [7, 11) is 1.70. The predicted molar refractivity (Wildman–Crippen MR) is 76.2 cm³/mol. The molecule has 2 unspecified atom stereocenters. The molecule has 1 aromatic rings. The number of likely N-dealkylation sites (N-methyl/N-ethyl adjacent to an activating group) is 1. The van der Waals surface area contributed by atoms with E-state index >= 15 is 0 Å². The number of aliphatic hydroxyl groups excluding tert-OH is 1. The standard InChI is InChI=1S/C15H19N3O2/c1-18(13-7-2-3-8-14(13)19)15(20)17-12-6-4-5-11(9-12)10-16/h4-6,9,13-14,19H,2-3,7-8H2,1H3,(H,17,20). The molecule has 1 aromatic carbocycles. The first-order valence-electron chi connectivity index (χ1n) is 6.84. The average molecular weight is 273 g/mol. The van der Waals surface area contributed by atoms with Crippen molar-refractivity contribution in [3.63, 3.8) is 0 Å². The third kappa shape index (κ3) is 3.28. The summed E-state index contributed by atoms with van der Waals surface area (Å²) in [5.74, 6) is 0. The van der Waals surface area contributed by atoms with Gasteiger partial charge in [0.15, 0.2) is 0 Å². The first kappa shape index (κ1) is 14.4. The molecule has 0 radical (unpaired) electrons. The van der Waals surface area contributed by atoms with Crippen LogP contribution in [0.2, 0.25) is 0 Å². The highest BCUT2D eigenvalue weighted by Gasteiger charge is 2.29. The monoisotopic (exact) mass is 273 g/mol. The zero-order chi connectivity index (χ0) is 14.5. The van der Waals surface area contributed by atoms with Crippen molar-refractivity contribution in [3.8, 4) is 6.07 Å². The molecule has 0 saturated heterocycles. The molecule has 0 spiro atoms. The van der Waals surface area contributed by atoms with E-state index in [4.69, 9.17) is 5.26 Å². The van der Waals surface area contributed by atoms with E-state index in [2.05, 4.69) is 5.32 Å². The highest BCUT2D eigenvalue weighted by atomic mass is 16.3. The molecular weight excluding hydrogens is 254 g/mol. The number of nitrogens with zero attached hydrogens (tertiary/aromatic N) is 2. The normalized spacial score (nSPS) is 21.9. The van der Waals surface area contributed by atoms with Gasteiger partial charge in [0.25, 0.3) is 0 Å². The number of carbonyl (C=O) groups excluding carboxylic acids is 1. The fourth-order valence-electron chi connectivity index (χ4n) is 2.57. The molecule has 0 heterocycles. The first-order chi connectivity index (χ1) is 9.61. The minimum absolute atomic E-state index is 0.136. The number of urea groups is 1. The lowest BCUT2D eigenvalue weighted by Gasteiger charge is -2.35. The molecule has 2 rings (SSSR count). The summed E-state index contributed by atoms with van der Waals surface area (Å²) >= 11 is 0. The van der Waals surface area contributed by atoms with Crippen LogP contribution in [0.1, 0.15) is 31.2 Å². The molecule has 2 amide bonds. The van der Waals surface area contributed by atoms with Crippen LogP contribution in [0.25, 0.3) is 0 Å². The molecule has 5 heteroatoms. The van der Waals surface area contributed by atoms with E-state index in [1.165, 1.54) is 0 Å². The van der Waals surface area contributed by atoms with E-state index in [0.29, 0.717) is 11.3 Å². The molecule has 0 aliphatic heterocycles. The van der Waals surface area contributed by atoms with Crippen LogP contribution in [0.5, 0.6) is 0 Å². The first-order valence-corrected chi connectivity index (χ1v) is 6.84. The molecule has 1 aliphatic carbocycles. The molecule has 1 aliphatic rings. The maximum absolute atomic E-state index is 12.2. The van der Waals surface area contributed by atoms with Gasteiger partial charge in [0, 0.05) is 12.7 Å². The van der Waals surface area contributed by atoms with E-state index in [1.54, 1.807) is 36.2 Å². The number of hydrogen-bond donors (Lipinski definition) is 2.